The van der Waals surface area contributed by atoms with Gasteiger partial charge >= 0.3 is 0 Å². The lowest BCUT2D eigenvalue weighted by Gasteiger charge is -2.18. The number of nitro benzene ring substituents is 1. The van der Waals surface area contributed by atoms with E-state index in [9.17, 15) is 19.7 Å². The number of benzene rings is 3. The van der Waals surface area contributed by atoms with Crippen LogP contribution in [0.1, 0.15) is 35.4 Å². The first-order valence-electron chi connectivity index (χ1n) is 13.0. The maximum Gasteiger partial charge on any atom is 0.270 e. The third-order valence-corrected chi connectivity index (χ3v) is 7.15. The van der Waals surface area contributed by atoms with Crippen LogP contribution in [0.25, 0.3) is 22.5 Å². The molecule has 2 aliphatic heterocycles. The van der Waals surface area contributed by atoms with Gasteiger partial charge in [0.1, 0.15) is 5.82 Å². The molecule has 0 aliphatic carbocycles. The van der Waals surface area contributed by atoms with E-state index in [2.05, 4.69) is 20.6 Å². The van der Waals surface area contributed by atoms with E-state index < -0.39 is 4.92 Å². The predicted octanol–water partition coefficient (Wildman–Crippen LogP) is 5.35. The van der Waals surface area contributed by atoms with Crippen molar-refractivity contribution in [1.29, 1.82) is 0 Å². The number of rotatable bonds is 7. The number of hydrogen-bond donors (Lipinski definition) is 3. The van der Waals surface area contributed by atoms with Crippen LogP contribution in [0.15, 0.2) is 72.9 Å². The SMILES string of the molecule is Cc1nc(-c2ccc(NC(=C3C(=O)Nc4ccc([N+](=O)[O-])cc43)c3ccc(CN4CCCC4=O)cc3)cc2)c[nH]1. The average Bonchev–Trinajstić information content (AvgIpc) is 3.66. The quantitative estimate of drug-likeness (QED) is 0.166. The maximum absolute atomic E-state index is 13.3. The number of aryl methyl sites for hydroxylation is 1. The number of fused-ring (bicyclic) bond motifs is 1. The van der Waals surface area contributed by atoms with Crippen molar-refractivity contribution in [3.63, 3.8) is 0 Å². The molecule has 1 fully saturated rings. The molecule has 40 heavy (non-hydrogen) atoms. The zero-order valence-corrected chi connectivity index (χ0v) is 21.7. The number of carbonyl (C=O) groups excluding carboxylic acids is 2. The molecule has 0 saturated carbocycles. The molecule has 3 N–H and O–H groups in total. The van der Waals surface area contributed by atoms with E-state index in [0.29, 0.717) is 35.5 Å². The summed E-state index contributed by atoms with van der Waals surface area (Å²) >= 11 is 0. The summed E-state index contributed by atoms with van der Waals surface area (Å²) in [5.74, 6) is 0.623. The Labute approximate surface area is 229 Å². The van der Waals surface area contributed by atoms with Gasteiger partial charge in [-0.15, -0.1) is 0 Å². The van der Waals surface area contributed by atoms with Gasteiger partial charge in [0.15, 0.2) is 0 Å². The van der Waals surface area contributed by atoms with Gasteiger partial charge in [-0.05, 0) is 42.7 Å². The number of hydrogen-bond acceptors (Lipinski definition) is 6. The van der Waals surface area contributed by atoms with Crippen molar-refractivity contribution in [2.45, 2.75) is 26.3 Å². The number of amides is 2. The molecule has 0 bridgehead atoms. The monoisotopic (exact) mass is 534 g/mol. The van der Waals surface area contributed by atoms with E-state index in [0.717, 1.165) is 46.9 Å². The standard InChI is InChI=1S/C30H26N6O4/c1-18-31-16-26(32-18)20-8-10-22(11-9-20)33-29(21-6-4-19(5-7-21)17-35-14-2-3-27(35)37)28-24-15-23(36(39)40)12-13-25(24)34-30(28)38/h4-13,15-16,33H,2-3,14,17H2,1H3,(H,31,32)(H,34,38). The molecule has 1 aromatic heterocycles. The van der Waals surface area contributed by atoms with Gasteiger partial charge in [-0.3, -0.25) is 19.7 Å². The molecule has 0 radical (unpaired) electrons. The number of H-pyrrole nitrogens is 1. The van der Waals surface area contributed by atoms with Gasteiger partial charge in [-0.2, -0.15) is 0 Å². The minimum atomic E-state index is -0.474. The van der Waals surface area contributed by atoms with Gasteiger partial charge in [0.25, 0.3) is 11.6 Å². The molecule has 6 rings (SSSR count). The van der Waals surface area contributed by atoms with Crippen LogP contribution < -0.4 is 10.6 Å². The van der Waals surface area contributed by atoms with Crippen LogP contribution in [0.5, 0.6) is 0 Å². The molecule has 0 atom stereocenters. The van der Waals surface area contributed by atoms with Gasteiger partial charge < -0.3 is 20.5 Å². The number of nitro groups is 1. The number of non-ortho nitro benzene ring substituents is 1. The number of anilines is 2. The number of aromatic nitrogens is 2. The largest absolute Gasteiger partial charge is 0.354 e. The third kappa shape index (κ3) is 4.82. The van der Waals surface area contributed by atoms with E-state index in [1.54, 1.807) is 6.07 Å². The summed E-state index contributed by atoms with van der Waals surface area (Å²) in [6, 6.07) is 19.7. The van der Waals surface area contributed by atoms with Crippen molar-refractivity contribution in [1.82, 2.24) is 14.9 Å². The summed E-state index contributed by atoms with van der Waals surface area (Å²) in [6.45, 7) is 3.17. The number of carbonyl (C=O) groups is 2. The molecule has 1 saturated heterocycles. The van der Waals surface area contributed by atoms with Crippen LogP contribution in [0, 0.1) is 17.0 Å². The molecular formula is C30H26N6O4. The minimum absolute atomic E-state index is 0.101. The molecule has 4 aromatic rings. The van der Waals surface area contributed by atoms with Crippen LogP contribution in [-0.4, -0.2) is 38.2 Å². The average molecular weight is 535 g/mol. The van der Waals surface area contributed by atoms with E-state index in [-0.39, 0.29) is 17.5 Å². The lowest BCUT2D eigenvalue weighted by Crippen LogP contribution is -2.23. The van der Waals surface area contributed by atoms with E-state index in [1.807, 2.05) is 66.6 Å². The summed E-state index contributed by atoms with van der Waals surface area (Å²) < 4.78 is 0. The molecule has 3 aromatic carbocycles. The van der Waals surface area contributed by atoms with Crippen molar-refractivity contribution in [2.24, 2.45) is 0 Å². The fourth-order valence-corrected chi connectivity index (χ4v) is 5.10. The second kappa shape index (κ2) is 10.1. The van der Waals surface area contributed by atoms with Crippen LogP contribution >= 0.6 is 0 Å². The fourth-order valence-electron chi connectivity index (χ4n) is 5.10. The number of imidazole rings is 1. The van der Waals surface area contributed by atoms with Crippen LogP contribution in [0.3, 0.4) is 0 Å². The highest BCUT2D eigenvalue weighted by atomic mass is 16.6. The highest BCUT2D eigenvalue weighted by molar-refractivity contribution is 6.37. The molecule has 0 unspecified atom stereocenters. The molecule has 0 spiro atoms. The van der Waals surface area contributed by atoms with E-state index in [4.69, 9.17) is 0 Å². The van der Waals surface area contributed by atoms with Gasteiger partial charge in [-0.1, -0.05) is 36.4 Å². The van der Waals surface area contributed by atoms with Gasteiger partial charge in [0.05, 0.1) is 21.9 Å². The van der Waals surface area contributed by atoms with E-state index in [1.165, 1.54) is 12.1 Å². The Morgan fingerprint density at radius 1 is 1.07 bits per heavy atom. The highest BCUT2D eigenvalue weighted by Crippen LogP contribution is 2.39. The zero-order valence-electron chi connectivity index (χ0n) is 21.7. The molecule has 10 nitrogen and oxygen atoms in total. The highest BCUT2D eigenvalue weighted by Gasteiger charge is 2.30. The predicted molar refractivity (Wildman–Crippen MR) is 152 cm³/mol. The molecule has 2 aliphatic rings. The number of nitrogens with zero attached hydrogens (tertiary/aromatic N) is 3. The fraction of sp³-hybridized carbons (Fsp3) is 0.167. The zero-order chi connectivity index (χ0) is 27.8. The van der Waals surface area contributed by atoms with Crippen molar-refractivity contribution in [3.05, 3.63) is 106 Å². The molecule has 10 heteroatoms. The van der Waals surface area contributed by atoms with Crippen molar-refractivity contribution < 1.29 is 14.5 Å². The van der Waals surface area contributed by atoms with E-state index >= 15 is 0 Å². The van der Waals surface area contributed by atoms with Gasteiger partial charge in [0.2, 0.25) is 5.91 Å². The smallest absolute Gasteiger partial charge is 0.270 e. The summed E-state index contributed by atoms with van der Waals surface area (Å²) in [5.41, 5.74) is 5.90. The van der Waals surface area contributed by atoms with Gasteiger partial charge in [-0.25, -0.2) is 4.98 Å². The normalized spacial score (nSPS) is 15.7. The molecule has 200 valence electrons. The number of aromatic amines is 1. The van der Waals surface area contributed by atoms with Crippen molar-refractivity contribution >= 4 is 40.1 Å². The summed E-state index contributed by atoms with van der Waals surface area (Å²) in [4.78, 5) is 45.8. The minimum Gasteiger partial charge on any atom is -0.354 e. The third-order valence-electron chi connectivity index (χ3n) is 7.15. The topological polar surface area (TPSA) is 133 Å². The molecule has 2 amide bonds. The first kappa shape index (κ1) is 25.1. The lowest BCUT2D eigenvalue weighted by molar-refractivity contribution is -0.384. The van der Waals surface area contributed by atoms with Crippen LogP contribution in [0.4, 0.5) is 17.1 Å². The number of likely N-dealkylation sites (tertiary alicyclic amines) is 1. The van der Waals surface area contributed by atoms with Crippen molar-refractivity contribution in [3.8, 4) is 11.3 Å². The summed E-state index contributed by atoms with van der Waals surface area (Å²) in [5, 5.41) is 17.7. The summed E-state index contributed by atoms with van der Waals surface area (Å²) in [6.07, 6.45) is 3.29. The molecular weight excluding hydrogens is 508 g/mol. The molecule has 3 heterocycles. The second-order valence-electron chi connectivity index (χ2n) is 9.88. The summed E-state index contributed by atoms with van der Waals surface area (Å²) in [7, 11) is 0. The van der Waals surface area contributed by atoms with Crippen LogP contribution in [-0.2, 0) is 16.1 Å². The first-order valence-corrected chi connectivity index (χ1v) is 13.0. The Kier molecular flexibility index (Phi) is 6.35. The first-order chi connectivity index (χ1) is 19.4. The number of nitrogens with one attached hydrogen (secondary N) is 3. The van der Waals surface area contributed by atoms with Crippen LogP contribution in [0.2, 0.25) is 0 Å². The lowest BCUT2D eigenvalue weighted by atomic mass is 9.98. The Morgan fingerprint density at radius 3 is 2.50 bits per heavy atom. The Morgan fingerprint density at radius 2 is 1.85 bits per heavy atom. The van der Waals surface area contributed by atoms with Gasteiger partial charge in [0, 0.05) is 60.3 Å². The van der Waals surface area contributed by atoms with Crippen molar-refractivity contribution in [2.75, 3.05) is 17.2 Å². The second-order valence-corrected chi connectivity index (χ2v) is 9.88. The Bertz CT molecular complexity index is 1670. The Balaban J connectivity index is 1.39. The Hall–Kier alpha value is -5.25. The maximum atomic E-state index is 13.3.